The summed E-state index contributed by atoms with van der Waals surface area (Å²) < 4.78 is 109. The van der Waals surface area contributed by atoms with Gasteiger partial charge in [-0.1, -0.05) is 0 Å². The highest BCUT2D eigenvalue weighted by Crippen LogP contribution is 2.52. The molecule has 0 saturated carbocycles. The lowest BCUT2D eigenvalue weighted by atomic mass is 10.0. The van der Waals surface area contributed by atoms with E-state index in [9.17, 15) is 35.1 Å². The van der Waals surface area contributed by atoms with Gasteiger partial charge in [-0.3, -0.25) is 0 Å². The van der Waals surface area contributed by atoms with Crippen LogP contribution in [0.1, 0.15) is 20.8 Å². The summed E-state index contributed by atoms with van der Waals surface area (Å²) in [5.74, 6) is -23.2. The number of hydrogen-bond donors (Lipinski definition) is 0. The second kappa shape index (κ2) is 7.08. The third-order valence-electron chi connectivity index (χ3n) is 3.99. The van der Waals surface area contributed by atoms with E-state index in [1.807, 2.05) is 13.8 Å². The summed E-state index contributed by atoms with van der Waals surface area (Å²) >= 11 is 0. The number of halogens is 8. The number of hydrogen-bond acceptors (Lipinski definition) is 1. The van der Waals surface area contributed by atoms with Crippen molar-refractivity contribution in [3.8, 4) is 0 Å². The van der Waals surface area contributed by atoms with Gasteiger partial charge in [0.2, 0.25) is 0 Å². The minimum Gasteiger partial charge on any atom is -0.369 e. The lowest BCUT2D eigenvalue weighted by Crippen LogP contribution is -2.62. The van der Waals surface area contributed by atoms with Crippen LogP contribution in [-0.2, 0) is 4.74 Å². The maximum atomic E-state index is 13.3. The first kappa shape index (κ1) is 22.4. The standard InChI is InChI=1S/C13H22F8NO/c1-5-22(4,6-2)7-8-23-9-11(16,17)13(20,21)12(18,19)10(3,14)15/h5-9H2,1-4H3/q+1. The van der Waals surface area contributed by atoms with Crippen molar-refractivity contribution in [2.45, 2.75) is 44.5 Å². The Morgan fingerprint density at radius 2 is 1.26 bits per heavy atom. The van der Waals surface area contributed by atoms with Gasteiger partial charge in [0.05, 0.1) is 26.7 Å². The molecule has 140 valence electrons. The second-order valence-electron chi connectivity index (χ2n) is 5.77. The van der Waals surface area contributed by atoms with Gasteiger partial charge in [-0.15, -0.1) is 0 Å². The fraction of sp³-hybridized carbons (Fsp3) is 1.00. The maximum Gasteiger partial charge on any atom is 0.380 e. The Kier molecular flexibility index (Phi) is 6.88. The van der Waals surface area contributed by atoms with Crippen LogP contribution in [0.5, 0.6) is 0 Å². The maximum absolute atomic E-state index is 13.3. The van der Waals surface area contributed by atoms with Crippen molar-refractivity contribution in [3.05, 3.63) is 0 Å². The molecule has 0 saturated heterocycles. The van der Waals surface area contributed by atoms with Gasteiger partial charge in [0.1, 0.15) is 13.2 Å². The summed E-state index contributed by atoms with van der Waals surface area (Å²) in [5, 5.41) is 0. The third kappa shape index (κ3) is 4.68. The molecule has 0 aliphatic carbocycles. The molecule has 0 spiro atoms. The van der Waals surface area contributed by atoms with Gasteiger partial charge in [0.15, 0.2) is 0 Å². The summed E-state index contributed by atoms with van der Waals surface area (Å²) in [5.41, 5.74) is 0. The highest BCUT2D eigenvalue weighted by molar-refractivity contribution is 5.02. The van der Waals surface area contributed by atoms with Gasteiger partial charge in [0, 0.05) is 6.92 Å². The van der Waals surface area contributed by atoms with Crippen molar-refractivity contribution in [2.75, 3.05) is 39.9 Å². The second-order valence-corrected chi connectivity index (χ2v) is 5.77. The Morgan fingerprint density at radius 3 is 1.61 bits per heavy atom. The zero-order chi connectivity index (χ0) is 18.7. The van der Waals surface area contributed by atoms with Crippen molar-refractivity contribution in [1.82, 2.24) is 0 Å². The monoisotopic (exact) mass is 360 g/mol. The van der Waals surface area contributed by atoms with Crippen LogP contribution in [0.25, 0.3) is 0 Å². The molecule has 2 nitrogen and oxygen atoms in total. The summed E-state index contributed by atoms with van der Waals surface area (Å²) in [7, 11) is 1.77. The first-order valence-electron chi connectivity index (χ1n) is 7.00. The van der Waals surface area contributed by atoms with E-state index in [1.54, 1.807) is 7.05 Å². The van der Waals surface area contributed by atoms with Crippen molar-refractivity contribution in [3.63, 3.8) is 0 Å². The average molecular weight is 360 g/mol. The molecule has 0 fully saturated rings. The van der Waals surface area contributed by atoms with E-state index >= 15 is 0 Å². The molecule has 0 aromatic carbocycles. The zero-order valence-electron chi connectivity index (χ0n) is 13.4. The Balaban J connectivity index is 4.88. The van der Waals surface area contributed by atoms with E-state index in [4.69, 9.17) is 0 Å². The molecule has 0 aromatic heterocycles. The van der Waals surface area contributed by atoms with Crippen LogP contribution >= 0.6 is 0 Å². The van der Waals surface area contributed by atoms with Crippen LogP contribution in [0.15, 0.2) is 0 Å². The van der Waals surface area contributed by atoms with Crippen LogP contribution in [0.3, 0.4) is 0 Å². The van der Waals surface area contributed by atoms with Crippen molar-refractivity contribution in [1.29, 1.82) is 0 Å². The highest BCUT2D eigenvalue weighted by Gasteiger charge is 2.79. The molecule has 0 aliphatic heterocycles. The molecule has 0 atom stereocenters. The SMILES string of the molecule is CC[N+](C)(CC)CCOCC(F)(F)C(F)(F)C(F)(F)C(C)(F)F. The molecule has 23 heavy (non-hydrogen) atoms. The van der Waals surface area contributed by atoms with E-state index in [2.05, 4.69) is 4.74 Å². The number of likely N-dealkylation sites (N-methyl/N-ethyl adjacent to an activating group) is 1. The molecule has 0 radical (unpaired) electrons. The van der Waals surface area contributed by atoms with Crippen molar-refractivity contribution >= 4 is 0 Å². The van der Waals surface area contributed by atoms with E-state index in [0.29, 0.717) is 17.6 Å². The van der Waals surface area contributed by atoms with Crippen LogP contribution in [0.4, 0.5) is 35.1 Å². The van der Waals surface area contributed by atoms with E-state index in [1.165, 1.54) is 0 Å². The van der Waals surface area contributed by atoms with Crippen LogP contribution < -0.4 is 0 Å². The largest absolute Gasteiger partial charge is 0.380 e. The summed E-state index contributed by atoms with van der Waals surface area (Å²) in [6.07, 6.45) is 0. The molecule has 0 N–H and O–H groups in total. The fourth-order valence-corrected chi connectivity index (χ4v) is 1.62. The normalized spacial score (nSPS) is 15.1. The van der Waals surface area contributed by atoms with E-state index in [-0.39, 0.29) is 6.54 Å². The predicted octanol–water partition coefficient (Wildman–Crippen LogP) is 4.05. The lowest BCUT2D eigenvalue weighted by molar-refractivity contribution is -0.906. The molecular weight excluding hydrogens is 338 g/mol. The van der Waals surface area contributed by atoms with Crippen LogP contribution in [0.2, 0.25) is 0 Å². The van der Waals surface area contributed by atoms with Crippen LogP contribution in [-0.4, -0.2) is 68.1 Å². The molecule has 0 aromatic rings. The first-order chi connectivity index (χ1) is 10.1. The number of ether oxygens (including phenoxy) is 1. The third-order valence-corrected chi connectivity index (χ3v) is 3.99. The highest BCUT2D eigenvalue weighted by atomic mass is 19.4. The van der Waals surface area contributed by atoms with Crippen molar-refractivity contribution in [2.24, 2.45) is 0 Å². The molecule has 10 heteroatoms. The van der Waals surface area contributed by atoms with E-state index in [0.717, 1.165) is 0 Å². The lowest BCUT2D eigenvalue weighted by Gasteiger charge is -2.35. The summed E-state index contributed by atoms with van der Waals surface area (Å²) in [6.45, 7) is 2.06. The van der Waals surface area contributed by atoms with Crippen molar-refractivity contribution < 1.29 is 44.3 Å². The van der Waals surface area contributed by atoms with Crippen LogP contribution in [0, 0.1) is 0 Å². The number of rotatable bonds is 10. The van der Waals surface area contributed by atoms with E-state index < -0.39 is 43.8 Å². The van der Waals surface area contributed by atoms with Gasteiger partial charge in [-0.25, -0.2) is 0 Å². The van der Waals surface area contributed by atoms with Gasteiger partial charge >= 0.3 is 23.7 Å². The molecule has 0 unspecified atom stereocenters. The molecular formula is C13H22F8NO+. The van der Waals surface area contributed by atoms with Gasteiger partial charge in [-0.2, -0.15) is 35.1 Å². The van der Waals surface area contributed by atoms with Gasteiger partial charge < -0.3 is 9.22 Å². The minimum atomic E-state index is -6.24. The Bertz CT molecular complexity index is 377. The number of alkyl halides is 8. The smallest absolute Gasteiger partial charge is 0.369 e. The first-order valence-corrected chi connectivity index (χ1v) is 7.00. The summed E-state index contributed by atoms with van der Waals surface area (Å²) in [6, 6.07) is 0. The topological polar surface area (TPSA) is 9.23 Å². The summed E-state index contributed by atoms with van der Waals surface area (Å²) in [4.78, 5) is 0. The molecule has 0 bridgehead atoms. The molecule has 0 heterocycles. The van der Waals surface area contributed by atoms with Gasteiger partial charge in [-0.05, 0) is 13.8 Å². The molecule has 0 aliphatic rings. The fourth-order valence-electron chi connectivity index (χ4n) is 1.62. The Hall–Kier alpha value is -0.640. The predicted molar refractivity (Wildman–Crippen MR) is 68.4 cm³/mol. The zero-order valence-corrected chi connectivity index (χ0v) is 13.4. The number of nitrogens with zero attached hydrogens (tertiary/aromatic N) is 1. The minimum absolute atomic E-state index is 0.189. The molecule has 0 rings (SSSR count). The quantitative estimate of drug-likeness (QED) is 0.324. The Labute approximate surface area is 130 Å². The molecule has 0 amide bonds. The van der Waals surface area contributed by atoms with Gasteiger partial charge in [0.25, 0.3) is 0 Å². The Morgan fingerprint density at radius 1 is 0.826 bits per heavy atom. The number of quaternary nitrogens is 1. The average Bonchev–Trinajstić information content (AvgIpc) is 2.41.